The largest absolute Gasteiger partial charge is 0.325 e. The van der Waals surface area contributed by atoms with E-state index in [9.17, 15) is 14.4 Å². The second-order valence-corrected chi connectivity index (χ2v) is 6.81. The van der Waals surface area contributed by atoms with E-state index in [4.69, 9.17) is 0 Å². The van der Waals surface area contributed by atoms with Crippen LogP contribution in [0.2, 0.25) is 0 Å². The van der Waals surface area contributed by atoms with Crippen molar-refractivity contribution in [1.29, 1.82) is 0 Å². The molecular formula is C16H17N5O3S. The predicted molar refractivity (Wildman–Crippen MR) is 92.9 cm³/mol. The van der Waals surface area contributed by atoms with E-state index < -0.39 is 23.4 Å². The number of urea groups is 1. The third-order valence-electron chi connectivity index (χ3n) is 4.05. The van der Waals surface area contributed by atoms with Crippen LogP contribution in [0.4, 0.5) is 9.93 Å². The lowest BCUT2D eigenvalue weighted by Gasteiger charge is -2.18. The molecule has 1 atom stereocenters. The Balaban J connectivity index is 1.65. The molecule has 8 nitrogen and oxygen atoms in total. The maximum Gasteiger partial charge on any atom is 0.325 e. The Labute approximate surface area is 148 Å². The van der Waals surface area contributed by atoms with Crippen molar-refractivity contribution in [2.45, 2.75) is 25.8 Å². The van der Waals surface area contributed by atoms with Crippen LogP contribution in [0.3, 0.4) is 0 Å². The third-order valence-corrected chi connectivity index (χ3v) is 4.93. The summed E-state index contributed by atoms with van der Waals surface area (Å²) in [6, 6.07) is 8.90. The number of anilines is 1. The highest BCUT2D eigenvalue weighted by Crippen LogP contribution is 2.26. The zero-order valence-corrected chi connectivity index (χ0v) is 14.6. The molecule has 130 valence electrons. The van der Waals surface area contributed by atoms with Crippen LogP contribution >= 0.6 is 11.3 Å². The third kappa shape index (κ3) is 3.36. The number of hydrogen-bond donors (Lipinski definition) is 2. The van der Waals surface area contributed by atoms with Crippen molar-refractivity contribution >= 4 is 34.3 Å². The van der Waals surface area contributed by atoms with Gasteiger partial charge in [0.15, 0.2) is 0 Å². The van der Waals surface area contributed by atoms with E-state index in [0.29, 0.717) is 16.6 Å². The summed E-state index contributed by atoms with van der Waals surface area (Å²) >= 11 is 1.22. The van der Waals surface area contributed by atoms with Crippen LogP contribution in [-0.4, -0.2) is 45.0 Å². The number of nitrogens with one attached hydrogen (secondary N) is 2. The van der Waals surface area contributed by atoms with Gasteiger partial charge in [-0.05, 0) is 13.3 Å². The summed E-state index contributed by atoms with van der Waals surface area (Å²) < 4.78 is 0. The number of carbonyl (C=O) groups is 3. The number of hydrogen-bond acceptors (Lipinski definition) is 6. The topological polar surface area (TPSA) is 104 Å². The summed E-state index contributed by atoms with van der Waals surface area (Å²) in [4.78, 5) is 37.3. The molecule has 0 bridgehead atoms. The monoisotopic (exact) mass is 359 g/mol. The first-order valence-electron chi connectivity index (χ1n) is 7.76. The Morgan fingerprint density at radius 2 is 2.00 bits per heavy atom. The highest BCUT2D eigenvalue weighted by Gasteiger charge is 2.47. The lowest BCUT2D eigenvalue weighted by Crippen LogP contribution is -2.44. The van der Waals surface area contributed by atoms with Gasteiger partial charge in [-0.2, -0.15) is 0 Å². The first-order valence-corrected chi connectivity index (χ1v) is 8.57. The molecule has 2 aromatic rings. The summed E-state index contributed by atoms with van der Waals surface area (Å²) in [5, 5.41) is 14.1. The number of imide groups is 1. The molecule has 4 amide bonds. The Hall–Kier alpha value is -2.81. The van der Waals surface area contributed by atoms with Crippen LogP contribution in [0, 0.1) is 0 Å². The quantitative estimate of drug-likeness (QED) is 0.793. The number of amides is 4. The van der Waals surface area contributed by atoms with E-state index in [1.165, 1.54) is 11.3 Å². The van der Waals surface area contributed by atoms with Gasteiger partial charge in [0.05, 0.1) is 0 Å². The van der Waals surface area contributed by atoms with Gasteiger partial charge < -0.3 is 5.32 Å². The van der Waals surface area contributed by atoms with Gasteiger partial charge in [-0.3, -0.25) is 19.8 Å². The summed E-state index contributed by atoms with van der Waals surface area (Å²) in [7, 11) is 0. The second kappa shape index (κ2) is 6.60. The summed E-state index contributed by atoms with van der Waals surface area (Å²) in [6.45, 7) is 3.08. The van der Waals surface area contributed by atoms with Crippen molar-refractivity contribution in [3.8, 4) is 10.6 Å². The SMILES string of the molecule is CC[C@]1(C)NC(=O)N(CC(=O)Nc2nnc(-c3ccccc3)s2)C1=O. The fourth-order valence-corrected chi connectivity index (χ4v) is 3.17. The fraction of sp³-hybridized carbons (Fsp3) is 0.312. The lowest BCUT2D eigenvalue weighted by atomic mass is 9.99. The number of rotatable bonds is 5. The summed E-state index contributed by atoms with van der Waals surface area (Å²) in [5.41, 5.74) is -0.0612. The van der Waals surface area contributed by atoms with Crippen molar-refractivity contribution in [2.24, 2.45) is 0 Å². The molecule has 0 radical (unpaired) electrons. The number of aromatic nitrogens is 2. The molecule has 1 aromatic carbocycles. The molecule has 1 aliphatic rings. The Morgan fingerprint density at radius 3 is 2.64 bits per heavy atom. The highest BCUT2D eigenvalue weighted by molar-refractivity contribution is 7.18. The van der Waals surface area contributed by atoms with Crippen LogP contribution in [0.1, 0.15) is 20.3 Å². The smallest absolute Gasteiger partial charge is 0.323 e. The van der Waals surface area contributed by atoms with Crippen molar-refractivity contribution in [2.75, 3.05) is 11.9 Å². The van der Waals surface area contributed by atoms with Crippen LogP contribution in [0.5, 0.6) is 0 Å². The molecule has 0 spiro atoms. The van der Waals surface area contributed by atoms with E-state index in [1.54, 1.807) is 13.8 Å². The number of carbonyl (C=O) groups excluding carboxylic acids is 3. The molecule has 0 saturated carbocycles. The minimum Gasteiger partial charge on any atom is -0.323 e. The molecular weight excluding hydrogens is 342 g/mol. The van der Waals surface area contributed by atoms with Crippen molar-refractivity contribution in [3.63, 3.8) is 0 Å². The normalized spacial score (nSPS) is 19.8. The van der Waals surface area contributed by atoms with Crippen LogP contribution in [-0.2, 0) is 9.59 Å². The molecule has 25 heavy (non-hydrogen) atoms. The fourth-order valence-electron chi connectivity index (χ4n) is 2.40. The number of nitrogens with zero attached hydrogens (tertiary/aromatic N) is 3. The van der Waals surface area contributed by atoms with Crippen molar-refractivity contribution in [1.82, 2.24) is 20.4 Å². The first-order chi connectivity index (χ1) is 11.9. The maximum absolute atomic E-state index is 12.3. The molecule has 2 heterocycles. The van der Waals surface area contributed by atoms with Crippen LogP contribution in [0.25, 0.3) is 10.6 Å². The van der Waals surface area contributed by atoms with Gasteiger partial charge in [-0.25, -0.2) is 4.79 Å². The molecule has 2 N–H and O–H groups in total. The molecule has 0 unspecified atom stereocenters. The van der Waals surface area contributed by atoms with Gasteiger partial charge in [0.2, 0.25) is 11.0 Å². The van der Waals surface area contributed by atoms with Gasteiger partial charge in [0.1, 0.15) is 17.1 Å². The minimum absolute atomic E-state index is 0.314. The Morgan fingerprint density at radius 1 is 1.28 bits per heavy atom. The minimum atomic E-state index is -0.958. The van der Waals surface area contributed by atoms with E-state index >= 15 is 0 Å². The highest BCUT2D eigenvalue weighted by atomic mass is 32.1. The maximum atomic E-state index is 12.3. The van der Waals surface area contributed by atoms with Gasteiger partial charge >= 0.3 is 6.03 Å². The van der Waals surface area contributed by atoms with E-state index in [-0.39, 0.29) is 6.54 Å². The van der Waals surface area contributed by atoms with E-state index in [1.807, 2.05) is 30.3 Å². The van der Waals surface area contributed by atoms with Gasteiger partial charge in [0, 0.05) is 5.56 Å². The lowest BCUT2D eigenvalue weighted by molar-refractivity contribution is -0.133. The Kier molecular flexibility index (Phi) is 4.49. The molecule has 1 fully saturated rings. The van der Waals surface area contributed by atoms with Crippen molar-refractivity contribution in [3.05, 3.63) is 30.3 Å². The molecule has 0 aliphatic carbocycles. The second-order valence-electron chi connectivity index (χ2n) is 5.83. The predicted octanol–water partition coefficient (Wildman–Crippen LogP) is 1.86. The first kappa shape index (κ1) is 17.0. The van der Waals surface area contributed by atoms with Crippen molar-refractivity contribution < 1.29 is 14.4 Å². The zero-order valence-electron chi connectivity index (χ0n) is 13.8. The van der Waals surface area contributed by atoms with Crippen LogP contribution in [0.15, 0.2) is 30.3 Å². The number of benzene rings is 1. The van der Waals surface area contributed by atoms with Gasteiger partial charge in [0.25, 0.3) is 5.91 Å². The zero-order chi connectivity index (χ0) is 18.0. The molecule has 1 saturated heterocycles. The molecule has 3 rings (SSSR count). The molecule has 1 aliphatic heterocycles. The van der Waals surface area contributed by atoms with Crippen LogP contribution < -0.4 is 10.6 Å². The van der Waals surface area contributed by atoms with Gasteiger partial charge in [-0.15, -0.1) is 10.2 Å². The average molecular weight is 359 g/mol. The Bertz CT molecular complexity index is 822. The average Bonchev–Trinajstić information content (AvgIpc) is 3.15. The van der Waals surface area contributed by atoms with E-state index in [2.05, 4.69) is 20.8 Å². The summed E-state index contributed by atoms with van der Waals surface area (Å²) in [6.07, 6.45) is 0.451. The summed E-state index contributed by atoms with van der Waals surface area (Å²) in [5.74, 6) is -0.906. The van der Waals surface area contributed by atoms with Gasteiger partial charge in [-0.1, -0.05) is 48.6 Å². The van der Waals surface area contributed by atoms with E-state index in [0.717, 1.165) is 10.5 Å². The molecule has 1 aromatic heterocycles. The standard InChI is InChI=1S/C16H17N5O3S/c1-3-16(2)13(23)21(15(24)18-16)9-11(22)17-14-20-19-12(25-14)10-7-5-4-6-8-10/h4-8H,3,9H2,1-2H3,(H,18,24)(H,17,20,22)/t16-/m0/s1. The molecule has 9 heteroatoms.